The smallest absolute Gasteiger partial charge is 0.224 e. The molecule has 0 saturated carbocycles. The monoisotopic (exact) mass is 262 g/mol. The minimum atomic E-state index is 0.0612. The van der Waals surface area contributed by atoms with Crippen molar-refractivity contribution in [3.05, 3.63) is 23.8 Å². The molecule has 1 amide bonds. The fraction of sp³-hybridized carbons (Fsp3) is 0.562. The number of carbonyl (C=O) groups is 1. The SMILES string of the molecule is CCCCCCCCC(=O)Nc1ccc(C)cc1N. The van der Waals surface area contributed by atoms with E-state index in [2.05, 4.69) is 12.2 Å². The lowest BCUT2D eigenvalue weighted by molar-refractivity contribution is -0.116. The maximum Gasteiger partial charge on any atom is 0.224 e. The number of hydrogen-bond donors (Lipinski definition) is 2. The number of nitrogens with one attached hydrogen (secondary N) is 1. The van der Waals surface area contributed by atoms with E-state index in [9.17, 15) is 4.79 Å². The van der Waals surface area contributed by atoms with Gasteiger partial charge in [-0.05, 0) is 31.0 Å². The van der Waals surface area contributed by atoms with Gasteiger partial charge in [0.2, 0.25) is 5.91 Å². The van der Waals surface area contributed by atoms with Crippen molar-refractivity contribution in [3.63, 3.8) is 0 Å². The molecule has 1 aromatic rings. The summed E-state index contributed by atoms with van der Waals surface area (Å²) in [6, 6.07) is 5.70. The lowest BCUT2D eigenvalue weighted by atomic mass is 10.1. The van der Waals surface area contributed by atoms with Gasteiger partial charge in [0.15, 0.2) is 0 Å². The molecule has 0 atom stereocenters. The van der Waals surface area contributed by atoms with Gasteiger partial charge in [-0.15, -0.1) is 0 Å². The number of nitrogens with two attached hydrogens (primary N) is 1. The van der Waals surface area contributed by atoms with Crippen molar-refractivity contribution in [3.8, 4) is 0 Å². The standard InChI is InChI=1S/C16H26N2O/c1-3-4-5-6-7-8-9-16(19)18-15-11-10-13(2)12-14(15)17/h10-12H,3-9,17H2,1-2H3,(H,18,19). The number of nitrogen functional groups attached to an aromatic ring is 1. The lowest BCUT2D eigenvalue weighted by Gasteiger charge is -2.08. The second-order valence-corrected chi connectivity index (χ2v) is 5.16. The molecule has 1 rings (SSSR count). The van der Waals surface area contributed by atoms with E-state index in [1.54, 1.807) is 0 Å². The predicted octanol–water partition coefficient (Wildman–Crippen LogP) is 4.27. The summed E-state index contributed by atoms with van der Waals surface area (Å²) in [6.45, 7) is 4.19. The van der Waals surface area contributed by atoms with Crippen molar-refractivity contribution in [2.75, 3.05) is 11.1 Å². The van der Waals surface area contributed by atoms with E-state index >= 15 is 0 Å². The van der Waals surface area contributed by atoms with Crippen LogP contribution in [0.15, 0.2) is 18.2 Å². The molecule has 0 radical (unpaired) electrons. The van der Waals surface area contributed by atoms with Gasteiger partial charge in [0.05, 0.1) is 11.4 Å². The van der Waals surface area contributed by atoms with Crippen LogP contribution in [0.4, 0.5) is 11.4 Å². The molecule has 0 aromatic heterocycles. The number of carbonyl (C=O) groups excluding carboxylic acids is 1. The van der Waals surface area contributed by atoms with Crippen molar-refractivity contribution in [1.82, 2.24) is 0 Å². The van der Waals surface area contributed by atoms with Crippen LogP contribution in [0, 0.1) is 6.92 Å². The Hall–Kier alpha value is -1.51. The zero-order valence-electron chi connectivity index (χ0n) is 12.2. The third kappa shape index (κ3) is 6.27. The van der Waals surface area contributed by atoms with Gasteiger partial charge in [-0.1, -0.05) is 45.1 Å². The first-order chi connectivity index (χ1) is 9.13. The minimum absolute atomic E-state index is 0.0612. The van der Waals surface area contributed by atoms with Gasteiger partial charge in [0, 0.05) is 6.42 Å². The Kier molecular flexibility index (Phi) is 7.01. The number of anilines is 2. The molecule has 0 saturated heterocycles. The highest BCUT2D eigenvalue weighted by atomic mass is 16.1. The largest absolute Gasteiger partial charge is 0.397 e. The van der Waals surface area contributed by atoms with Crippen LogP contribution >= 0.6 is 0 Å². The summed E-state index contributed by atoms with van der Waals surface area (Å²) >= 11 is 0. The predicted molar refractivity (Wildman–Crippen MR) is 82.2 cm³/mol. The van der Waals surface area contributed by atoms with Crippen LogP contribution < -0.4 is 11.1 Å². The Balaban J connectivity index is 2.23. The lowest BCUT2D eigenvalue weighted by Crippen LogP contribution is -2.12. The first kappa shape index (κ1) is 15.5. The molecule has 0 spiro atoms. The third-order valence-electron chi connectivity index (χ3n) is 3.24. The number of aryl methyl sites for hydroxylation is 1. The number of amides is 1. The van der Waals surface area contributed by atoms with Crippen molar-refractivity contribution >= 4 is 17.3 Å². The van der Waals surface area contributed by atoms with Gasteiger partial charge < -0.3 is 11.1 Å². The van der Waals surface area contributed by atoms with Crippen molar-refractivity contribution < 1.29 is 4.79 Å². The summed E-state index contributed by atoms with van der Waals surface area (Å²) in [5.74, 6) is 0.0612. The summed E-state index contributed by atoms with van der Waals surface area (Å²) < 4.78 is 0. The quantitative estimate of drug-likeness (QED) is 0.543. The molecule has 0 aliphatic carbocycles. The molecule has 3 N–H and O–H groups in total. The van der Waals surface area contributed by atoms with E-state index in [0.29, 0.717) is 12.1 Å². The van der Waals surface area contributed by atoms with Gasteiger partial charge in [-0.25, -0.2) is 0 Å². The maximum atomic E-state index is 11.8. The number of rotatable bonds is 8. The molecule has 0 bridgehead atoms. The number of unbranched alkanes of at least 4 members (excludes halogenated alkanes) is 5. The fourth-order valence-corrected chi connectivity index (χ4v) is 2.07. The highest BCUT2D eigenvalue weighted by Gasteiger charge is 2.05. The molecule has 0 heterocycles. The molecule has 0 fully saturated rings. The van der Waals surface area contributed by atoms with Crippen LogP contribution in [0.1, 0.15) is 57.4 Å². The average Bonchev–Trinajstić information content (AvgIpc) is 2.37. The summed E-state index contributed by atoms with van der Waals surface area (Å²) in [5.41, 5.74) is 8.33. The van der Waals surface area contributed by atoms with Crippen molar-refractivity contribution in [2.45, 2.75) is 58.8 Å². The Labute approximate surface area is 116 Å². The zero-order valence-corrected chi connectivity index (χ0v) is 12.2. The molecular formula is C16H26N2O. The molecular weight excluding hydrogens is 236 g/mol. The van der Waals surface area contributed by atoms with E-state index < -0.39 is 0 Å². The molecule has 0 aliphatic heterocycles. The third-order valence-corrected chi connectivity index (χ3v) is 3.24. The molecule has 0 aliphatic rings. The minimum Gasteiger partial charge on any atom is -0.397 e. The van der Waals surface area contributed by atoms with E-state index in [0.717, 1.165) is 24.1 Å². The van der Waals surface area contributed by atoms with Gasteiger partial charge >= 0.3 is 0 Å². The zero-order chi connectivity index (χ0) is 14.1. The van der Waals surface area contributed by atoms with E-state index in [-0.39, 0.29) is 5.91 Å². The number of benzene rings is 1. The Morgan fingerprint density at radius 1 is 1.16 bits per heavy atom. The molecule has 3 nitrogen and oxygen atoms in total. The highest BCUT2D eigenvalue weighted by molar-refractivity contribution is 5.93. The van der Waals surface area contributed by atoms with Crippen LogP contribution in [0.3, 0.4) is 0 Å². The molecule has 1 aromatic carbocycles. The second-order valence-electron chi connectivity index (χ2n) is 5.16. The topological polar surface area (TPSA) is 55.1 Å². The first-order valence-corrected chi connectivity index (χ1v) is 7.29. The summed E-state index contributed by atoms with van der Waals surface area (Å²) in [6.07, 6.45) is 7.74. The summed E-state index contributed by atoms with van der Waals surface area (Å²) in [5, 5.41) is 2.88. The number of hydrogen-bond acceptors (Lipinski definition) is 2. The maximum absolute atomic E-state index is 11.8. The normalized spacial score (nSPS) is 10.4. The van der Waals surface area contributed by atoms with Gasteiger partial charge in [-0.3, -0.25) is 4.79 Å². The van der Waals surface area contributed by atoms with Crippen molar-refractivity contribution in [1.29, 1.82) is 0 Å². The van der Waals surface area contributed by atoms with Crippen LogP contribution in [-0.4, -0.2) is 5.91 Å². The van der Waals surface area contributed by atoms with Gasteiger partial charge in [0.1, 0.15) is 0 Å². The van der Waals surface area contributed by atoms with Crippen LogP contribution in [0.25, 0.3) is 0 Å². The fourth-order valence-electron chi connectivity index (χ4n) is 2.07. The Morgan fingerprint density at radius 3 is 2.53 bits per heavy atom. The Morgan fingerprint density at radius 2 is 1.84 bits per heavy atom. The van der Waals surface area contributed by atoms with E-state index in [4.69, 9.17) is 5.73 Å². The van der Waals surface area contributed by atoms with Crippen LogP contribution in [0.2, 0.25) is 0 Å². The average molecular weight is 262 g/mol. The van der Waals surface area contributed by atoms with Crippen molar-refractivity contribution in [2.24, 2.45) is 0 Å². The van der Waals surface area contributed by atoms with Gasteiger partial charge in [0.25, 0.3) is 0 Å². The molecule has 3 heteroatoms. The summed E-state index contributed by atoms with van der Waals surface area (Å²) in [7, 11) is 0. The second kappa shape index (κ2) is 8.57. The molecule has 0 unspecified atom stereocenters. The summed E-state index contributed by atoms with van der Waals surface area (Å²) in [4.78, 5) is 11.8. The van der Waals surface area contributed by atoms with Crippen LogP contribution in [-0.2, 0) is 4.79 Å². The van der Waals surface area contributed by atoms with E-state index in [1.165, 1.54) is 25.7 Å². The highest BCUT2D eigenvalue weighted by Crippen LogP contribution is 2.19. The molecule has 106 valence electrons. The molecule has 19 heavy (non-hydrogen) atoms. The first-order valence-electron chi connectivity index (χ1n) is 7.29. The van der Waals surface area contributed by atoms with E-state index in [1.807, 2.05) is 25.1 Å². The van der Waals surface area contributed by atoms with Gasteiger partial charge in [-0.2, -0.15) is 0 Å². The van der Waals surface area contributed by atoms with Crippen LogP contribution in [0.5, 0.6) is 0 Å². The Bertz CT molecular complexity index is 402.